The Morgan fingerprint density at radius 2 is 2.25 bits per heavy atom. The molecule has 1 saturated heterocycles. The number of furan rings is 1. The molecule has 0 bridgehead atoms. The number of amides is 1. The maximum absolute atomic E-state index is 12.2. The molecule has 1 fully saturated rings. The molecular weight excluding hydrogens is 322 g/mol. The number of halogens is 1. The van der Waals surface area contributed by atoms with Gasteiger partial charge in [0, 0.05) is 34.6 Å². The molecule has 5 nitrogen and oxygen atoms in total. The molecule has 0 atom stereocenters. The van der Waals surface area contributed by atoms with Crippen LogP contribution >= 0.6 is 15.9 Å². The lowest BCUT2D eigenvalue weighted by atomic mass is 10.0. The Balaban J connectivity index is 1.87. The number of hydrogen-bond donors (Lipinski definition) is 3. The van der Waals surface area contributed by atoms with Crippen LogP contribution in [0.5, 0.6) is 0 Å². The molecule has 2 aromatic rings. The van der Waals surface area contributed by atoms with Gasteiger partial charge in [-0.2, -0.15) is 0 Å². The van der Waals surface area contributed by atoms with Gasteiger partial charge in [-0.05, 0) is 18.2 Å². The summed E-state index contributed by atoms with van der Waals surface area (Å²) in [5.74, 6) is 0.0527. The number of fused-ring (bicyclic) bond motifs is 1. The van der Waals surface area contributed by atoms with Crippen LogP contribution in [0.15, 0.2) is 39.4 Å². The quantitative estimate of drug-likeness (QED) is 0.803. The number of nitrogens with two attached hydrogens (primary N) is 1. The number of rotatable bonds is 3. The average molecular weight is 336 g/mol. The highest BCUT2D eigenvalue weighted by molar-refractivity contribution is 9.10. The molecule has 1 aromatic carbocycles. The minimum Gasteiger partial charge on any atom is -0.449 e. The number of benzene rings is 1. The van der Waals surface area contributed by atoms with Gasteiger partial charge in [-0.25, -0.2) is 0 Å². The van der Waals surface area contributed by atoms with Crippen LogP contribution in [0, 0.1) is 5.92 Å². The van der Waals surface area contributed by atoms with Crippen molar-refractivity contribution < 1.29 is 9.21 Å². The van der Waals surface area contributed by atoms with Gasteiger partial charge in [0.25, 0.3) is 5.91 Å². The van der Waals surface area contributed by atoms with Crippen molar-refractivity contribution in [3.63, 3.8) is 0 Å². The lowest BCUT2D eigenvalue weighted by Crippen LogP contribution is -2.46. The molecule has 104 valence electrons. The molecule has 0 radical (unpaired) electrons. The van der Waals surface area contributed by atoms with E-state index in [0.29, 0.717) is 17.0 Å². The van der Waals surface area contributed by atoms with E-state index in [0.717, 1.165) is 22.9 Å². The molecule has 20 heavy (non-hydrogen) atoms. The summed E-state index contributed by atoms with van der Waals surface area (Å²) in [6, 6.07) is 5.44. The zero-order chi connectivity index (χ0) is 14.3. The van der Waals surface area contributed by atoms with Crippen molar-refractivity contribution in [2.24, 2.45) is 5.92 Å². The molecule has 1 aliphatic heterocycles. The van der Waals surface area contributed by atoms with E-state index in [4.69, 9.17) is 10.2 Å². The first-order valence-corrected chi connectivity index (χ1v) is 7.04. The largest absolute Gasteiger partial charge is 0.449 e. The van der Waals surface area contributed by atoms with Gasteiger partial charge < -0.3 is 20.8 Å². The number of carbonyl (C=O) groups is 1. The van der Waals surface area contributed by atoms with Crippen LogP contribution in [0.1, 0.15) is 10.6 Å². The average Bonchev–Trinajstić information content (AvgIpc) is 2.64. The Bertz CT molecular complexity index is 704. The second-order valence-corrected chi connectivity index (χ2v) is 5.74. The SMILES string of the molecule is C=C(NC(=O)c1oc2ccc(Br)cc2c1N)C1CNC1. The Labute approximate surface area is 124 Å². The summed E-state index contributed by atoms with van der Waals surface area (Å²) in [6.07, 6.45) is 0. The zero-order valence-corrected chi connectivity index (χ0v) is 12.3. The summed E-state index contributed by atoms with van der Waals surface area (Å²) >= 11 is 3.37. The molecule has 1 amide bonds. The van der Waals surface area contributed by atoms with Gasteiger partial charge in [0.15, 0.2) is 0 Å². The molecule has 0 spiro atoms. The Morgan fingerprint density at radius 3 is 2.90 bits per heavy atom. The Morgan fingerprint density at radius 1 is 1.50 bits per heavy atom. The van der Waals surface area contributed by atoms with Gasteiger partial charge >= 0.3 is 0 Å². The molecular formula is C14H14BrN3O2. The molecule has 0 unspecified atom stereocenters. The summed E-state index contributed by atoms with van der Waals surface area (Å²) in [6.45, 7) is 5.55. The predicted molar refractivity (Wildman–Crippen MR) is 81.3 cm³/mol. The van der Waals surface area contributed by atoms with E-state index in [1.165, 1.54) is 0 Å². The van der Waals surface area contributed by atoms with Crippen LogP contribution in [0.4, 0.5) is 5.69 Å². The third kappa shape index (κ3) is 2.21. The fourth-order valence-electron chi connectivity index (χ4n) is 2.10. The van der Waals surface area contributed by atoms with Gasteiger partial charge in [-0.15, -0.1) is 0 Å². The van der Waals surface area contributed by atoms with Crippen molar-refractivity contribution >= 4 is 38.5 Å². The van der Waals surface area contributed by atoms with Gasteiger partial charge in [-0.1, -0.05) is 22.5 Å². The zero-order valence-electron chi connectivity index (χ0n) is 10.7. The summed E-state index contributed by atoms with van der Waals surface area (Å²) in [5, 5.41) is 6.61. The van der Waals surface area contributed by atoms with Crippen molar-refractivity contribution in [3.05, 3.63) is 40.7 Å². The summed E-state index contributed by atoms with van der Waals surface area (Å²) in [4.78, 5) is 12.2. The first kappa shape index (κ1) is 13.2. The number of carbonyl (C=O) groups excluding carboxylic acids is 1. The Hall–Kier alpha value is -1.79. The number of nitrogens with one attached hydrogen (secondary N) is 2. The van der Waals surface area contributed by atoms with Crippen molar-refractivity contribution in [1.82, 2.24) is 10.6 Å². The first-order valence-electron chi connectivity index (χ1n) is 6.24. The normalized spacial score (nSPS) is 15.1. The van der Waals surface area contributed by atoms with Crippen LogP contribution in [-0.4, -0.2) is 19.0 Å². The molecule has 0 aliphatic carbocycles. The molecule has 2 heterocycles. The van der Waals surface area contributed by atoms with E-state index < -0.39 is 0 Å². The van der Waals surface area contributed by atoms with Crippen molar-refractivity contribution in [1.29, 1.82) is 0 Å². The highest BCUT2D eigenvalue weighted by atomic mass is 79.9. The van der Waals surface area contributed by atoms with Crippen molar-refractivity contribution in [3.8, 4) is 0 Å². The maximum Gasteiger partial charge on any atom is 0.293 e. The van der Waals surface area contributed by atoms with Gasteiger partial charge in [-0.3, -0.25) is 4.79 Å². The molecule has 3 rings (SSSR count). The lowest BCUT2D eigenvalue weighted by Gasteiger charge is -2.28. The molecule has 4 N–H and O–H groups in total. The third-order valence-electron chi connectivity index (χ3n) is 3.44. The van der Waals surface area contributed by atoms with E-state index in [9.17, 15) is 4.79 Å². The van der Waals surface area contributed by atoms with Gasteiger partial charge in [0.05, 0.1) is 5.69 Å². The summed E-state index contributed by atoms with van der Waals surface area (Å²) in [5.41, 5.74) is 7.61. The first-order chi connectivity index (χ1) is 9.56. The molecule has 1 aliphatic rings. The third-order valence-corrected chi connectivity index (χ3v) is 3.94. The van der Waals surface area contributed by atoms with Crippen LogP contribution < -0.4 is 16.4 Å². The molecule has 1 aromatic heterocycles. The smallest absolute Gasteiger partial charge is 0.293 e. The van der Waals surface area contributed by atoms with Crippen LogP contribution in [0.25, 0.3) is 11.0 Å². The standard InChI is InChI=1S/C14H14BrN3O2/c1-7(8-5-17-6-8)18-14(19)13-12(16)10-4-9(15)2-3-11(10)20-13/h2-4,8,17H,1,5-6,16H2,(H,18,19). The van der Waals surface area contributed by atoms with E-state index in [-0.39, 0.29) is 17.6 Å². The van der Waals surface area contributed by atoms with Crippen molar-refractivity contribution in [2.45, 2.75) is 0 Å². The Kier molecular flexibility index (Phi) is 3.27. The number of anilines is 1. The lowest BCUT2D eigenvalue weighted by molar-refractivity contribution is 0.0935. The fraction of sp³-hybridized carbons (Fsp3) is 0.214. The van der Waals surface area contributed by atoms with E-state index in [1.807, 2.05) is 12.1 Å². The van der Waals surface area contributed by atoms with Gasteiger partial charge in [0.1, 0.15) is 5.58 Å². The highest BCUT2D eigenvalue weighted by Gasteiger charge is 2.24. The maximum atomic E-state index is 12.2. The van der Waals surface area contributed by atoms with Crippen molar-refractivity contribution in [2.75, 3.05) is 18.8 Å². The van der Waals surface area contributed by atoms with Crippen LogP contribution in [0.2, 0.25) is 0 Å². The van der Waals surface area contributed by atoms with Gasteiger partial charge in [0.2, 0.25) is 5.76 Å². The van der Waals surface area contributed by atoms with E-state index in [2.05, 4.69) is 33.1 Å². The topological polar surface area (TPSA) is 80.3 Å². The monoisotopic (exact) mass is 335 g/mol. The minimum absolute atomic E-state index is 0.131. The molecule has 0 saturated carbocycles. The minimum atomic E-state index is -0.355. The molecule has 6 heteroatoms. The fourth-order valence-corrected chi connectivity index (χ4v) is 2.46. The highest BCUT2D eigenvalue weighted by Crippen LogP contribution is 2.30. The van der Waals surface area contributed by atoms with E-state index >= 15 is 0 Å². The predicted octanol–water partition coefficient (Wildman–Crippen LogP) is 2.24. The summed E-state index contributed by atoms with van der Waals surface area (Å²) in [7, 11) is 0. The number of hydrogen-bond acceptors (Lipinski definition) is 4. The second kappa shape index (κ2) is 4.96. The van der Waals surface area contributed by atoms with Crippen LogP contribution in [-0.2, 0) is 0 Å². The van der Waals surface area contributed by atoms with E-state index in [1.54, 1.807) is 6.07 Å². The summed E-state index contributed by atoms with van der Waals surface area (Å²) < 4.78 is 6.42. The van der Waals surface area contributed by atoms with Crippen LogP contribution in [0.3, 0.4) is 0 Å². The second-order valence-electron chi connectivity index (χ2n) is 4.82. The number of nitrogen functional groups attached to an aromatic ring is 1.